The maximum absolute atomic E-state index is 12.4. The Morgan fingerprint density at radius 1 is 1.10 bits per heavy atom. The number of hydrogen-bond acceptors (Lipinski definition) is 1. The normalized spacial score (nSPS) is 17.3. The lowest BCUT2D eigenvalue weighted by Gasteiger charge is -2.25. The van der Waals surface area contributed by atoms with Crippen molar-refractivity contribution in [2.24, 2.45) is 0 Å². The standard InChI is InChI=1S/C20H22O/c1-15-9-11-16(12-10-15)13-19(21)14-18-7-4-6-17-5-2-3-8-20(17)18/h2-3,5,8-12,18H,4,6-7,13-14H2,1H3. The van der Waals surface area contributed by atoms with E-state index in [2.05, 4.69) is 55.5 Å². The zero-order valence-electron chi connectivity index (χ0n) is 12.6. The molecule has 1 nitrogen and oxygen atoms in total. The molecule has 3 rings (SSSR count). The predicted molar refractivity (Wildman–Crippen MR) is 86.6 cm³/mol. The summed E-state index contributed by atoms with van der Waals surface area (Å²) in [6.07, 6.45) is 4.78. The molecule has 108 valence electrons. The Balaban J connectivity index is 1.67. The average molecular weight is 278 g/mol. The second-order valence-electron chi connectivity index (χ2n) is 6.19. The van der Waals surface area contributed by atoms with Crippen LogP contribution < -0.4 is 0 Å². The number of rotatable bonds is 4. The van der Waals surface area contributed by atoms with Gasteiger partial charge in [-0.05, 0) is 48.8 Å². The van der Waals surface area contributed by atoms with Crippen molar-refractivity contribution >= 4 is 5.78 Å². The summed E-state index contributed by atoms with van der Waals surface area (Å²) in [6.45, 7) is 2.07. The second kappa shape index (κ2) is 6.26. The zero-order valence-corrected chi connectivity index (χ0v) is 12.6. The van der Waals surface area contributed by atoms with Crippen LogP contribution in [0.5, 0.6) is 0 Å². The lowest BCUT2D eigenvalue weighted by atomic mass is 9.80. The third kappa shape index (κ3) is 3.41. The van der Waals surface area contributed by atoms with Gasteiger partial charge in [0.2, 0.25) is 0 Å². The topological polar surface area (TPSA) is 17.1 Å². The van der Waals surface area contributed by atoms with E-state index < -0.39 is 0 Å². The summed E-state index contributed by atoms with van der Waals surface area (Å²) in [5.74, 6) is 0.786. The minimum atomic E-state index is 0.362. The first-order valence-corrected chi connectivity index (χ1v) is 7.87. The van der Waals surface area contributed by atoms with Crippen molar-refractivity contribution < 1.29 is 4.79 Å². The zero-order chi connectivity index (χ0) is 14.7. The summed E-state index contributed by atoms with van der Waals surface area (Å²) >= 11 is 0. The first kappa shape index (κ1) is 14.1. The Bertz CT molecular complexity index is 625. The predicted octanol–water partition coefficient (Wildman–Crippen LogP) is 4.62. The fraction of sp³-hybridized carbons (Fsp3) is 0.350. The fourth-order valence-corrected chi connectivity index (χ4v) is 3.35. The molecule has 1 aliphatic carbocycles. The van der Waals surface area contributed by atoms with Crippen LogP contribution in [0.15, 0.2) is 48.5 Å². The molecule has 0 saturated carbocycles. The molecule has 0 N–H and O–H groups in total. The van der Waals surface area contributed by atoms with Crippen molar-refractivity contribution in [2.45, 2.75) is 44.9 Å². The molecule has 0 fully saturated rings. The maximum Gasteiger partial charge on any atom is 0.137 e. The van der Waals surface area contributed by atoms with Gasteiger partial charge in [0.1, 0.15) is 5.78 Å². The average Bonchev–Trinajstić information content (AvgIpc) is 2.50. The lowest BCUT2D eigenvalue weighted by Crippen LogP contribution is -2.15. The Labute approximate surface area is 127 Å². The van der Waals surface area contributed by atoms with Crippen LogP contribution in [0.2, 0.25) is 0 Å². The van der Waals surface area contributed by atoms with Gasteiger partial charge in [-0.15, -0.1) is 0 Å². The highest BCUT2D eigenvalue weighted by Gasteiger charge is 2.22. The highest BCUT2D eigenvalue weighted by molar-refractivity contribution is 5.81. The number of hydrogen-bond donors (Lipinski definition) is 0. The molecule has 0 saturated heterocycles. The fourth-order valence-electron chi connectivity index (χ4n) is 3.35. The first-order valence-electron chi connectivity index (χ1n) is 7.87. The summed E-state index contributed by atoms with van der Waals surface area (Å²) in [5, 5.41) is 0. The molecule has 1 unspecified atom stereocenters. The third-order valence-electron chi connectivity index (χ3n) is 4.49. The summed E-state index contributed by atoms with van der Waals surface area (Å²) in [7, 11) is 0. The Kier molecular flexibility index (Phi) is 4.19. The van der Waals surface area contributed by atoms with Gasteiger partial charge in [0, 0.05) is 12.8 Å². The third-order valence-corrected chi connectivity index (χ3v) is 4.49. The van der Waals surface area contributed by atoms with E-state index >= 15 is 0 Å². The van der Waals surface area contributed by atoms with Gasteiger partial charge in [-0.3, -0.25) is 4.79 Å². The van der Waals surface area contributed by atoms with E-state index in [4.69, 9.17) is 0 Å². The van der Waals surface area contributed by atoms with Gasteiger partial charge in [0.25, 0.3) is 0 Å². The van der Waals surface area contributed by atoms with Crippen LogP contribution in [0, 0.1) is 6.92 Å². The van der Waals surface area contributed by atoms with E-state index in [1.54, 1.807) is 0 Å². The van der Waals surface area contributed by atoms with Crippen LogP contribution >= 0.6 is 0 Å². The summed E-state index contributed by atoms with van der Waals surface area (Å²) in [5.41, 5.74) is 5.22. The van der Waals surface area contributed by atoms with Crippen LogP contribution in [0.4, 0.5) is 0 Å². The van der Waals surface area contributed by atoms with Crippen molar-refractivity contribution in [3.05, 3.63) is 70.8 Å². The van der Waals surface area contributed by atoms with Gasteiger partial charge in [0.15, 0.2) is 0 Å². The van der Waals surface area contributed by atoms with Gasteiger partial charge < -0.3 is 0 Å². The van der Waals surface area contributed by atoms with Crippen LogP contribution in [-0.4, -0.2) is 5.78 Å². The molecule has 2 aromatic carbocycles. The quantitative estimate of drug-likeness (QED) is 0.797. The summed E-state index contributed by atoms with van der Waals surface area (Å²) < 4.78 is 0. The van der Waals surface area contributed by atoms with E-state index in [-0.39, 0.29) is 0 Å². The van der Waals surface area contributed by atoms with Crippen LogP contribution in [0.1, 0.15) is 47.4 Å². The minimum Gasteiger partial charge on any atom is -0.299 e. The molecule has 0 amide bonds. The Morgan fingerprint density at radius 3 is 2.67 bits per heavy atom. The molecule has 1 heteroatoms. The molecule has 1 aliphatic rings. The van der Waals surface area contributed by atoms with E-state index in [0.717, 1.165) is 12.0 Å². The number of carbonyl (C=O) groups excluding carboxylic acids is 1. The van der Waals surface area contributed by atoms with E-state index in [1.807, 2.05) is 0 Å². The number of fused-ring (bicyclic) bond motifs is 1. The van der Waals surface area contributed by atoms with Crippen LogP contribution in [0.25, 0.3) is 0 Å². The Hall–Kier alpha value is -1.89. The molecule has 0 bridgehead atoms. The van der Waals surface area contributed by atoms with Crippen LogP contribution in [0.3, 0.4) is 0 Å². The van der Waals surface area contributed by atoms with E-state index in [1.165, 1.54) is 29.5 Å². The second-order valence-corrected chi connectivity index (χ2v) is 6.19. The van der Waals surface area contributed by atoms with Gasteiger partial charge in [-0.1, -0.05) is 54.1 Å². The van der Waals surface area contributed by atoms with Gasteiger partial charge in [0.05, 0.1) is 0 Å². The lowest BCUT2D eigenvalue weighted by molar-refractivity contribution is -0.118. The van der Waals surface area contributed by atoms with Crippen molar-refractivity contribution in [3.8, 4) is 0 Å². The summed E-state index contributed by atoms with van der Waals surface area (Å²) in [4.78, 5) is 12.4. The monoisotopic (exact) mass is 278 g/mol. The molecule has 2 aromatic rings. The van der Waals surface area contributed by atoms with Crippen LogP contribution in [-0.2, 0) is 17.6 Å². The van der Waals surface area contributed by atoms with Gasteiger partial charge in [-0.25, -0.2) is 0 Å². The van der Waals surface area contributed by atoms with E-state index in [9.17, 15) is 4.79 Å². The van der Waals surface area contributed by atoms with Crippen molar-refractivity contribution in [2.75, 3.05) is 0 Å². The largest absolute Gasteiger partial charge is 0.299 e. The van der Waals surface area contributed by atoms with Gasteiger partial charge in [-0.2, -0.15) is 0 Å². The molecule has 0 heterocycles. The number of benzene rings is 2. The highest BCUT2D eigenvalue weighted by atomic mass is 16.1. The molecule has 0 aliphatic heterocycles. The molecular weight excluding hydrogens is 256 g/mol. The van der Waals surface area contributed by atoms with Crippen molar-refractivity contribution in [1.82, 2.24) is 0 Å². The maximum atomic E-state index is 12.4. The first-order chi connectivity index (χ1) is 10.2. The highest BCUT2D eigenvalue weighted by Crippen LogP contribution is 2.34. The molecule has 0 radical (unpaired) electrons. The molecule has 21 heavy (non-hydrogen) atoms. The smallest absolute Gasteiger partial charge is 0.137 e. The SMILES string of the molecule is Cc1ccc(CC(=O)CC2CCCc3ccccc32)cc1. The number of aryl methyl sites for hydroxylation is 2. The van der Waals surface area contributed by atoms with Crippen molar-refractivity contribution in [3.63, 3.8) is 0 Å². The molecule has 1 atom stereocenters. The minimum absolute atomic E-state index is 0.362. The van der Waals surface area contributed by atoms with E-state index in [0.29, 0.717) is 24.5 Å². The number of Topliss-reactive ketones (excluding diaryl/α,β-unsaturated/α-hetero) is 1. The van der Waals surface area contributed by atoms with Crippen molar-refractivity contribution in [1.29, 1.82) is 0 Å². The Morgan fingerprint density at radius 2 is 1.86 bits per heavy atom. The molecule has 0 aromatic heterocycles. The van der Waals surface area contributed by atoms with Gasteiger partial charge >= 0.3 is 0 Å². The number of ketones is 1. The number of carbonyl (C=O) groups is 1. The molecule has 0 spiro atoms. The summed E-state index contributed by atoms with van der Waals surface area (Å²) in [6, 6.07) is 16.9. The molecular formula is C20H22O.